The molecule has 0 aromatic heterocycles. The summed E-state index contributed by atoms with van der Waals surface area (Å²) >= 11 is 1.71. The number of alkyl carbamates (subject to hydrolysis) is 1. The van der Waals surface area contributed by atoms with Crippen LogP contribution in [0.1, 0.15) is 70.4 Å². The van der Waals surface area contributed by atoms with Gasteiger partial charge >= 0.3 is 12.1 Å². The molecule has 3 unspecified atom stereocenters. The summed E-state index contributed by atoms with van der Waals surface area (Å²) in [5.74, 6) is -1.81. The topological polar surface area (TPSA) is 287 Å². The van der Waals surface area contributed by atoms with Gasteiger partial charge in [-0.15, -0.1) is 0 Å². The molecule has 5 amide bonds. The molecule has 19 nitrogen and oxygen atoms in total. The summed E-state index contributed by atoms with van der Waals surface area (Å²) in [6, 6.07) is 11.4. The minimum Gasteiger partial charge on any atom is -0.447 e. The van der Waals surface area contributed by atoms with Gasteiger partial charge in [0.15, 0.2) is 23.4 Å². The van der Waals surface area contributed by atoms with Gasteiger partial charge in [0.25, 0.3) is 5.91 Å². The molecule has 3 saturated heterocycles. The van der Waals surface area contributed by atoms with Crippen LogP contribution >= 0.6 is 11.8 Å². The molecule has 2 aromatic rings. The Morgan fingerprint density at radius 2 is 1.57 bits per heavy atom. The van der Waals surface area contributed by atoms with Gasteiger partial charge in [0.2, 0.25) is 11.7 Å². The molecule has 0 radical (unpaired) electrons. The van der Waals surface area contributed by atoms with Crippen molar-refractivity contribution in [2.24, 2.45) is 21.5 Å². The minimum atomic E-state index is -2.21. The second-order valence-electron chi connectivity index (χ2n) is 15.0. The quantitative estimate of drug-likeness (QED) is 0.0429. The molecule has 2 aromatic carbocycles. The number of rotatable bonds is 16. The van der Waals surface area contributed by atoms with E-state index in [0.717, 1.165) is 31.4 Å². The number of thioether (sulfide) groups is 1. The highest BCUT2D eigenvalue weighted by atomic mass is 32.2. The van der Waals surface area contributed by atoms with Crippen molar-refractivity contribution >= 4 is 53.4 Å². The number of aliphatic hydroxyl groups is 2. The third-order valence-electron chi connectivity index (χ3n) is 11.2. The Kier molecular flexibility index (Phi) is 12.0. The number of ether oxygens (including phenoxy) is 1. The molecule has 0 bridgehead atoms. The molecule has 3 fully saturated rings. The van der Waals surface area contributed by atoms with Crippen molar-refractivity contribution in [1.29, 1.82) is 0 Å². The summed E-state index contributed by atoms with van der Waals surface area (Å²) in [5, 5.41) is 38.8. The molecule has 7 rings (SSSR count). The normalized spacial score (nSPS) is 26.1. The van der Waals surface area contributed by atoms with Gasteiger partial charge in [0, 0.05) is 66.7 Å². The first-order chi connectivity index (χ1) is 27.8. The number of carbonyl (C=O) groups is 5. The number of hydrogen-bond donors (Lipinski definition) is 10. The summed E-state index contributed by atoms with van der Waals surface area (Å²) in [6.07, 6.45) is 3.07. The van der Waals surface area contributed by atoms with Crippen LogP contribution in [-0.4, -0.2) is 130 Å². The van der Waals surface area contributed by atoms with Crippen LogP contribution < -0.4 is 43.4 Å². The SMILES string of the molecule is NC1=N[C@H]2C(COC(=O)NCc3ccc(C(=O)c4ccc(C(=O)NCCCCCCNC(=O)CC5SC[C@@H]6NC(=O)N[C@H]56)cc4)cc3)N=C(N)N3CCC(O)(O)C23N1. The summed E-state index contributed by atoms with van der Waals surface area (Å²) in [7, 11) is 0. The maximum atomic E-state index is 13.1. The molecule has 5 aliphatic rings. The lowest BCUT2D eigenvalue weighted by atomic mass is 9.87. The number of guanidine groups is 2. The van der Waals surface area contributed by atoms with Crippen LogP contribution in [-0.2, 0) is 16.1 Å². The van der Waals surface area contributed by atoms with E-state index in [-0.39, 0.29) is 79.0 Å². The molecule has 20 heteroatoms. The Labute approximate surface area is 338 Å². The third-order valence-corrected chi connectivity index (χ3v) is 12.6. The van der Waals surface area contributed by atoms with E-state index in [1.807, 2.05) is 0 Å². The monoisotopic (exact) mass is 819 g/mol. The standard InChI is InChI=1S/C38H49N11O8S/c39-33-47-31-25(44-34(40)49-16-13-37(55,56)38(31,49)48-33)19-57-36(54)43-18-21-5-7-22(8-6-21)30(51)23-9-11-24(12-10-23)32(52)42-15-4-2-1-3-14-41-28(50)17-27-29-26(20-58-27)45-35(53)46-29/h5-12,25-27,29,31,55-56H,1-4,13-20H2,(H2,40,44)(H,41,50)(H,42,52)(H,43,54)(H3,39,47,48)(H2,45,46,53)/t25?,26-,27?,29-,31-,38?/m0/s1. The zero-order valence-electron chi connectivity index (χ0n) is 31.7. The van der Waals surface area contributed by atoms with Crippen LogP contribution in [0.3, 0.4) is 0 Å². The van der Waals surface area contributed by atoms with Gasteiger partial charge in [0.1, 0.15) is 18.7 Å². The largest absolute Gasteiger partial charge is 0.447 e. The average molecular weight is 820 g/mol. The highest BCUT2D eigenvalue weighted by Crippen LogP contribution is 2.44. The van der Waals surface area contributed by atoms with Gasteiger partial charge in [-0.2, -0.15) is 11.8 Å². The fourth-order valence-corrected chi connectivity index (χ4v) is 9.59. The highest BCUT2D eigenvalue weighted by molar-refractivity contribution is 8.00. The number of urea groups is 1. The van der Waals surface area contributed by atoms with Crippen molar-refractivity contribution < 1.29 is 38.9 Å². The first-order valence-corrected chi connectivity index (χ1v) is 20.4. The lowest BCUT2D eigenvalue weighted by molar-refractivity contribution is -0.221. The molecule has 5 heterocycles. The van der Waals surface area contributed by atoms with Gasteiger partial charge in [0.05, 0.1) is 12.1 Å². The second kappa shape index (κ2) is 17.1. The zero-order chi connectivity index (χ0) is 41.0. The molecule has 12 N–H and O–H groups in total. The van der Waals surface area contributed by atoms with E-state index in [1.165, 1.54) is 4.90 Å². The Morgan fingerprint density at radius 1 is 0.897 bits per heavy atom. The summed E-state index contributed by atoms with van der Waals surface area (Å²) in [6.45, 7) is 1.18. The number of nitrogens with one attached hydrogen (secondary N) is 6. The van der Waals surface area contributed by atoms with Gasteiger partial charge in [-0.3, -0.25) is 14.4 Å². The van der Waals surface area contributed by atoms with Crippen LogP contribution in [0, 0.1) is 0 Å². The maximum absolute atomic E-state index is 13.1. The number of aliphatic imine (C=N–C) groups is 2. The fraction of sp³-hybridized carbons (Fsp3) is 0.500. The van der Waals surface area contributed by atoms with Crippen molar-refractivity contribution in [3.8, 4) is 0 Å². The van der Waals surface area contributed by atoms with Crippen LogP contribution in [0.15, 0.2) is 58.5 Å². The van der Waals surface area contributed by atoms with Crippen molar-refractivity contribution in [2.75, 3.05) is 32.0 Å². The van der Waals surface area contributed by atoms with Crippen molar-refractivity contribution in [3.63, 3.8) is 0 Å². The number of unbranched alkanes of at least 4 members (excludes halogenated alkanes) is 3. The van der Waals surface area contributed by atoms with Crippen molar-refractivity contribution in [1.82, 2.24) is 36.8 Å². The predicted octanol–water partition coefficient (Wildman–Crippen LogP) is -0.828. The Balaban J connectivity index is 0.773. The molecule has 58 heavy (non-hydrogen) atoms. The van der Waals surface area contributed by atoms with E-state index in [2.05, 4.69) is 41.9 Å². The zero-order valence-corrected chi connectivity index (χ0v) is 32.6. The Bertz CT molecular complexity index is 1960. The Morgan fingerprint density at radius 3 is 2.29 bits per heavy atom. The molecule has 0 saturated carbocycles. The van der Waals surface area contributed by atoms with E-state index in [0.29, 0.717) is 41.8 Å². The fourth-order valence-electron chi connectivity index (χ4n) is 8.11. The van der Waals surface area contributed by atoms with E-state index in [4.69, 9.17) is 16.2 Å². The molecular weight excluding hydrogens is 771 g/mol. The van der Waals surface area contributed by atoms with Gasteiger partial charge in [-0.05, 0) is 30.5 Å². The predicted molar refractivity (Wildman–Crippen MR) is 214 cm³/mol. The van der Waals surface area contributed by atoms with Crippen molar-refractivity contribution in [3.05, 3.63) is 70.8 Å². The first kappa shape index (κ1) is 40.6. The average Bonchev–Trinajstić information content (AvgIpc) is 3.95. The van der Waals surface area contributed by atoms with Gasteiger partial charge in [-0.1, -0.05) is 49.2 Å². The molecule has 1 spiro atoms. The third kappa shape index (κ3) is 8.48. The Hall–Kier alpha value is -5.60. The molecule has 0 aliphatic carbocycles. The van der Waals surface area contributed by atoms with Crippen LogP contribution in [0.4, 0.5) is 9.59 Å². The number of fused-ring (bicyclic) bond motifs is 1. The van der Waals surface area contributed by atoms with Crippen molar-refractivity contribution in [2.45, 2.75) is 85.9 Å². The van der Waals surface area contributed by atoms with E-state index < -0.39 is 29.6 Å². The maximum Gasteiger partial charge on any atom is 0.407 e. The van der Waals surface area contributed by atoms with Crippen LogP contribution in [0.25, 0.3) is 0 Å². The number of hydrogen-bond acceptors (Lipinski definition) is 15. The number of nitrogens with zero attached hydrogens (tertiary/aromatic N) is 3. The second-order valence-corrected chi connectivity index (χ2v) is 16.3. The number of carbonyl (C=O) groups excluding carboxylic acids is 5. The smallest absolute Gasteiger partial charge is 0.407 e. The highest BCUT2D eigenvalue weighted by Gasteiger charge is 2.69. The van der Waals surface area contributed by atoms with Crippen LogP contribution in [0.2, 0.25) is 0 Å². The molecule has 310 valence electrons. The summed E-state index contributed by atoms with van der Waals surface area (Å²) in [4.78, 5) is 72.5. The number of nitrogens with two attached hydrogens (primary N) is 2. The molecule has 6 atom stereocenters. The lowest BCUT2D eigenvalue weighted by Gasteiger charge is -2.48. The minimum absolute atomic E-state index is 0.00377. The molecule has 5 aliphatic heterocycles. The van der Waals surface area contributed by atoms with E-state index in [9.17, 15) is 34.2 Å². The van der Waals surface area contributed by atoms with E-state index >= 15 is 0 Å². The number of ketones is 1. The van der Waals surface area contributed by atoms with Gasteiger partial charge < -0.3 is 63.2 Å². The number of amides is 5. The molecular formula is C38H49N11O8S. The van der Waals surface area contributed by atoms with E-state index in [1.54, 1.807) is 60.3 Å². The number of benzene rings is 2. The summed E-state index contributed by atoms with van der Waals surface area (Å²) in [5.41, 5.74) is 12.5. The lowest BCUT2D eigenvalue weighted by Crippen LogP contribution is -2.76. The summed E-state index contributed by atoms with van der Waals surface area (Å²) < 4.78 is 5.40. The van der Waals surface area contributed by atoms with Crippen LogP contribution in [0.5, 0.6) is 0 Å². The first-order valence-electron chi connectivity index (χ1n) is 19.4. The van der Waals surface area contributed by atoms with Gasteiger partial charge in [-0.25, -0.2) is 19.6 Å².